The Labute approximate surface area is 180 Å². The maximum Gasteiger partial charge on any atom is 0.416 e. The third-order valence-electron chi connectivity index (χ3n) is 4.83. The van der Waals surface area contributed by atoms with Crippen LogP contribution in [0, 0.1) is 11.3 Å². The van der Waals surface area contributed by atoms with Gasteiger partial charge in [-0.3, -0.25) is 0 Å². The molecule has 7 nitrogen and oxygen atoms in total. The SMILES string of the molecule is N#Cc1ccc(S(=O)(=O)N2C[C@H](Oc3ccc(C(F)(F)F)cc3)[C@](O)(CO)C2)c(Cl)c1. The van der Waals surface area contributed by atoms with Gasteiger partial charge in [0.1, 0.15) is 22.4 Å². The molecule has 3 rings (SSSR count). The second kappa shape index (κ2) is 8.29. The van der Waals surface area contributed by atoms with Gasteiger partial charge in [0, 0.05) is 6.54 Å². The fourth-order valence-electron chi connectivity index (χ4n) is 3.11. The predicted molar refractivity (Wildman–Crippen MR) is 103 cm³/mol. The molecule has 0 amide bonds. The number of alkyl halides is 3. The zero-order valence-corrected chi connectivity index (χ0v) is 17.2. The molecule has 2 aromatic rings. The average molecular weight is 477 g/mol. The van der Waals surface area contributed by atoms with Crippen LogP contribution in [0.5, 0.6) is 5.75 Å². The van der Waals surface area contributed by atoms with Crippen LogP contribution in [0.2, 0.25) is 5.02 Å². The van der Waals surface area contributed by atoms with Crippen molar-refractivity contribution in [2.24, 2.45) is 0 Å². The first-order valence-corrected chi connectivity index (χ1v) is 10.6. The standard InChI is InChI=1S/C19H16ClF3N2O5S/c20-15-7-12(8-24)1-6-16(15)31(28,29)25-9-17(18(27,10-25)11-26)30-14-4-2-13(3-5-14)19(21,22)23/h1-7,17,26-27H,9-11H2/t17-,18+/m0/s1. The van der Waals surface area contributed by atoms with Crippen LogP contribution in [0.1, 0.15) is 11.1 Å². The summed E-state index contributed by atoms with van der Waals surface area (Å²) in [5.74, 6) is -0.0412. The summed E-state index contributed by atoms with van der Waals surface area (Å²) < 4.78 is 70.5. The molecule has 0 spiro atoms. The first kappa shape index (κ1) is 23.3. The predicted octanol–water partition coefficient (Wildman–Crippen LogP) is 2.41. The van der Waals surface area contributed by atoms with E-state index in [1.807, 2.05) is 6.07 Å². The summed E-state index contributed by atoms with van der Waals surface area (Å²) >= 11 is 6.00. The zero-order valence-electron chi connectivity index (χ0n) is 15.7. The minimum absolute atomic E-state index is 0.0412. The number of β-amino-alcohol motifs (C(OH)–C–C–N with tert-alkyl or cyclic N) is 1. The number of aliphatic hydroxyl groups is 2. The lowest BCUT2D eigenvalue weighted by Gasteiger charge is -2.27. The van der Waals surface area contributed by atoms with Gasteiger partial charge in [0.15, 0.2) is 0 Å². The minimum atomic E-state index is -4.54. The number of benzene rings is 2. The Morgan fingerprint density at radius 3 is 2.42 bits per heavy atom. The highest BCUT2D eigenvalue weighted by atomic mass is 35.5. The number of aliphatic hydroxyl groups excluding tert-OH is 1. The lowest BCUT2D eigenvalue weighted by atomic mass is 10.0. The molecule has 166 valence electrons. The van der Waals surface area contributed by atoms with Gasteiger partial charge in [-0.25, -0.2) is 8.42 Å². The zero-order chi connectivity index (χ0) is 23.0. The van der Waals surface area contributed by atoms with Crippen molar-refractivity contribution in [2.45, 2.75) is 22.8 Å². The van der Waals surface area contributed by atoms with E-state index in [0.717, 1.165) is 34.6 Å². The van der Waals surface area contributed by atoms with E-state index in [2.05, 4.69) is 0 Å². The average Bonchev–Trinajstić information content (AvgIpc) is 3.05. The number of halogens is 4. The molecule has 1 saturated heterocycles. The van der Waals surface area contributed by atoms with Gasteiger partial charge in [0.2, 0.25) is 10.0 Å². The molecule has 0 aromatic heterocycles. The smallest absolute Gasteiger partial charge is 0.416 e. The summed E-state index contributed by atoms with van der Waals surface area (Å²) in [6.07, 6.45) is -5.80. The Kier molecular flexibility index (Phi) is 6.23. The molecule has 0 unspecified atom stereocenters. The monoisotopic (exact) mass is 476 g/mol. The maximum absolute atomic E-state index is 13.0. The molecule has 0 bridgehead atoms. The van der Waals surface area contributed by atoms with Crippen LogP contribution in [0.4, 0.5) is 13.2 Å². The Bertz CT molecular complexity index is 1120. The van der Waals surface area contributed by atoms with E-state index >= 15 is 0 Å². The van der Waals surface area contributed by atoms with Crippen molar-refractivity contribution in [1.82, 2.24) is 4.31 Å². The molecular formula is C19H16ClF3N2O5S. The fraction of sp³-hybridized carbons (Fsp3) is 0.316. The largest absolute Gasteiger partial charge is 0.486 e. The summed E-state index contributed by atoms with van der Waals surface area (Å²) in [6.45, 7) is -1.78. The Hall–Kier alpha value is -2.36. The molecule has 0 aliphatic carbocycles. The number of hydrogen-bond acceptors (Lipinski definition) is 6. The summed E-state index contributed by atoms with van der Waals surface area (Å²) in [7, 11) is -4.23. The van der Waals surface area contributed by atoms with Crippen molar-refractivity contribution in [1.29, 1.82) is 5.26 Å². The number of sulfonamides is 1. The first-order valence-electron chi connectivity index (χ1n) is 8.78. The molecule has 1 heterocycles. The van der Waals surface area contributed by atoms with Gasteiger partial charge in [0.25, 0.3) is 0 Å². The Morgan fingerprint density at radius 2 is 1.90 bits per heavy atom. The van der Waals surface area contributed by atoms with Crippen LogP contribution in [0.3, 0.4) is 0 Å². The van der Waals surface area contributed by atoms with E-state index in [9.17, 15) is 31.8 Å². The van der Waals surface area contributed by atoms with Crippen molar-refractivity contribution in [3.63, 3.8) is 0 Å². The van der Waals surface area contributed by atoms with Crippen LogP contribution in [0.15, 0.2) is 47.4 Å². The highest BCUT2D eigenvalue weighted by Crippen LogP contribution is 2.34. The minimum Gasteiger partial charge on any atom is -0.486 e. The summed E-state index contributed by atoms with van der Waals surface area (Å²) in [5.41, 5.74) is -2.75. The summed E-state index contributed by atoms with van der Waals surface area (Å²) in [5, 5.41) is 29.0. The van der Waals surface area contributed by atoms with Gasteiger partial charge in [0.05, 0.1) is 35.4 Å². The highest BCUT2D eigenvalue weighted by molar-refractivity contribution is 7.89. The Balaban J connectivity index is 1.86. The lowest BCUT2D eigenvalue weighted by Crippen LogP contribution is -2.48. The van der Waals surface area contributed by atoms with Crippen molar-refractivity contribution in [2.75, 3.05) is 19.7 Å². The molecule has 1 aliphatic rings. The van der Waals surface area contributed by atoms with Gasteiger partial charge in [-0.15, -0.1) is 0 Å². The summed E-state index contributed by atoms with van der Waals surface area (Å²) in [6, 6.07) is 9.07. The van der Waals surface area contributed by atoms with Crippen LogP contribution >= 0.6 is 11.6 Å². The quantitative estimate of drug-likeness (QED) is 0.685. The molecule has 1 fully saturated rings. The second-order valence-corrected chi connectivity index (χ2v) is 9.26. The van der Waals surface area contributed by atoms with Crippen LogP contribution in [0.25, 0.3) is 0 Å². The number of rotatable bonds is 5. The van der Waals surface area contributed by atoms with Crippen LogP contribution in [-0.4, -0.2) is 54.3 Å². The molecule has 2 atom stereocenters. The maximum atomic E-state index is 13.0. The number of nitrogens with zero attached hydrogens (tertiary/aromatic N) is 2. The van der Waals surface area contributed by atoms with Gasteiger partial charge >= 0.3 is 6.18 Å². The topological polar surface area (TPSA) is 111 Å². The van der Waals surface area contributed by atoms with E-state index < -0.39 is 53.2 Å². The Morgan fingerprint density at radius 1 is 1.26 bits per heavy atom. The molecule has 1 aliphatic heterocycles. The van der Waals surface area contributed by atoms with E-state index in [1.54, 1.807) is 0 Å². The van der Waals surface area contributed by atoms with Crippen molar-refractivity contribution in [3.8, 4) is 11.8 Å². The van der Waals surface area contributed by atoms with Gasteiger partial charge < -0.3 is 14.9 Å². The third-order valence-corrected chi connectivity index (χ3v) is 7.13. The van der Waals surface area contributed by atoms with Crippen molar-refractivity contribution >= 4 is 21.6 Å². The second-order valence-electron chi connectivity index (χ2n) is 6.94. The normalized spacial score (nSPS) is 22.3. The number of nitriles is 1. The van der Waals surface area contributed by atoms with Crippen LogP contribution in [-0.2, 0) is 16.2 Å². The van der Waals surface area contributed by atoms with E-state index in [0.29, 0.717) is 0 Å². The molecule has 0 saturated carbocycles. The fourth-order valence-corrected chi connectivity index (χ4v) is 5.14. The molecule has 12 heteroatoms. The van der Waals surface area contributed by atoms with Crippen molar-refractivity contribution in [3.05, 3.63) is 58.6 Å². The number of ether oxygens (including phenoxy) is 1. The number of hydrogen-bond donors (Lipinski definition) is 2. The van der Waals surface area contributed by atoms with E-state index in [1.165, 1.54) is 12.1 Å². The van der Waals surface area contributed by atoms with Crippen molar-refractivity contribution < 1.29 is 36.5 Å². The van der Waals surface area contributed by atoms with Gasteiger partial charge in [-0.1, -0.05) is 11.6 Å². The first-order chi connectivity index (χ1) is 14.4. The highest BCUT2D eigenvalue weighted by Gasteiger charge is 2.51. The molecule has 0 radical (unpaired) electrons. The molecular weight excluding hydrogens is 461 g/mol. The molecule has 2 aromatic carbocycles. The van der Waals surface area contributed by atoms with Gasteiger partial charge in [-0.05, 0) is 42.5 Å². The lowest BCUT2D eigenvalue weighted by molar-refractivity contribution is -0.137. The molecule has 2 N–H and O–H groups in total. The molecule has 31 heavy (non-hydrogen) atoms. The third kappa shape index (κ3) is 4.63. The van der Waals surface area contributed by atoms with E-state index in [4.69, 9.17) is 21.6 Å². The summed E-state index contributed by atoms with van der Waals surface area (Å²) in [4.78, 5) is -0.302. The van der Waals surface area contributed by atoms with Gasteiger partial charge in [-0.2, -0.15) is 22.7 Å². The van der Waals surface area contributed by atoms with Crippen LogP contribution < -0.4 is 4.74 Å². The van der Waals surface area contributed by atoms with E-state index in [-0.39, 0.29) is 21.2 Å².